The first-order valence-corrected chi connectivity index (χ1v) is 9.70. The van der Waals surface area contributed by atoms with E-state index in [1.807, 2.05) is 12.1 Å². The highest BCUT2D eigenvalue weighted by atomic mass is 32.1. The molecule has 1 aliphatic rings. The van der Waals surface area contributed by atoms with E-state index >= 15 is 0 Å². The average Bonchev–Trinajstić information content (AvgIpc) is 3.10. The van der Waals surface area contributed by atoms with Gasteiger partial charge in [0.05, 0.1) is 33.7 Å². The van der Waals surface area contributed by atoms with E-state index < -0.39 is 0 Å². The second-order valence-corrected chi connectivity index (χ2v) is 7.62. The highest BCUT2D eigenvalue weighted by Crippen LogP contribution is 2.26. The molecule has 1 saturated heterocycles. The van der Waals surface area contributed by atoms with E-state index in [9.17, 15) is 4.79 Å². The molecule has 9 heteroatoms. The number of nitrogens with one attached hydrogen (secondary N) is 2. The van der Waals surface area contributed by atoms with Crippen LogP contribution in [-0.2, 0) is 0 Å². The molecule has 0 saturated carbocycles. The van der Waals surface area contributed by atoms with Gasteiger partial charge in [-0.25, -0.2) is 14.8 Å². The van der Waals surface area contributed by atoms with Crippen LogP contribution in [0.4, 0.5) is 21.4 Å². The second-order valence-electron chi connectivity index (χ2n) is 6.59. The lowest BCUT2D eigenvalue weighted by molar-refractivity contribution is 0.262. The van der Waals surface area contributed by atoms with Gasteiger partial charge < -0.3 is 15.1 Å². The maximum absolute atomic E-state index is 12.3. The molecular weight excluding hydrogens is 374 g/mol. The number of hydrogen-bond donors (Lipinski definition) is 2. The zero-order valence-corrected chi connectivity index (χ0v) is 16.2. The van der Waals surface area contributed by atoms with Crippen LogP contribution in [0.1, 0.15) is 5.56 Å². The monoisotopic (exact) mass is 393 g/mol. The first kappa shape index (κ1) is 18.2. The van der Waals surface area contributed by atoms with Crippen LogP contribution in [0.2, 0.25) is 0 Å². The van der Waals surface area contributed by atoms with Crippen molar-refractivity contribution in [1.29, 1.82) is 5.26 Å². The summed E-state index contributed by atoms with van der Waals surface area (Å²) < 4.78 is 0.854. The summed E-state index contributed by atoms with van der Waals surface area (Å²) >= 11 is 1.33. The molecule has 142 valence electrons. The lowest BCUT2D eigenvalue weighted by atomic mass is 10.2. The molecule has 1 aliphatic heterocycles. The summed E-state index contributed by atoms with van der Waals surface area (Å²) in [6, 6.07) is 10.7. The van der Waals surface area contributed by atoms with E-state index in [1.54, 1.807) is 24.4 Å². The fraction of sp³-hybridized carbons (Fsp3) is 0.263. The summed E-state index contributed by atoms with van der Waals surface area (Å²) in [5.74, 6) is 0.915. The summed E-state index contributed by atoms with van der Waals surface area (Å²) in [4.78, 5) is 25.6. The Hall–Kier alpha value is -3.22. The van der Waals surface area contributed by atoms with Crippen molar-refractivity contribution in [3.05, 3.63) is 42.1 Å². The molecule has 3 heterocycles. The molecule has 0 radical (unpaired) electrons. The Morgan fingerprint density at radius 1 is 1.18 bits per heavy atom. The average molecular weight is 393 g/mol. The predicted octanol–water partition coefficient (Wildman–Crippen LogP) is 2.96. The third-order valence-electron chi connectivity index (χ3n) is 4.57. The first-order chi connectivity index (χ1) is 13.6. The van der Waals surface area contributed by atoms with Crippen molar-refractivity contribution in [1.82, 2.24) is 14.9 Å². The van der Waals surface area contributed by atoms with Gasteiger partial charge in [0.25, 0.3) is 0 Å². The Morgan fingerprint density at radius 3 is 2.71 bits per heavy atom. The number of amides is 2. The van der Waals surface area contributed by atoms with Crippen molar-refractivity contribution in [3.8, 4) is 6.07 Å². The van der Waals surface area contributed by atoms with Crippen LogP contribution in [-0.4, -0.2) is 54.1 Å². The number of anilines is 3. The SMILES string of the molecule is CN1CCN(c2ccc(NC(=O)Nc3nc4ccc(C#N)cc4s3)cn2)CC1. The predicted molar refractivity (Wildman–Crippen MR) is 111 cm³/mol. The van der Waals surface area contributed by atoms with Gasteiger partial charge in [0, 0.05) is 26.2 Å². The number of pyridine rings is 1. The van der Waals surface area contributed by atoms with Crippen LogP contribution in [0.5, 0.6) is 0 Å². The standard InChI is InChI=1S/C19H19N7OS/c1-25-6-8-26(9-7-25)17-5-3-14(12-21-17)22-18(27)24-19-23-15-4-2-13(11-20)10-16(15)28-19/h2-5,10,12H,6-9H2,1H3,(H2,22,23,24,27). The molecule has 28 heavy (non-hydrogen) atoms. The molecule has 0 aliphatic carbocycles. The number of nitriles is 1. The number of piperazine rings is 1. The maximum Gasteiger partial charge on any atom is 0.325 e. The molecule has 0 unspecified atom stereocenters. The lowest BCUT2D eigenvalue weighted by Gasteiger charge is -2.33. The minimum atomic E-state index is -0.381. The summed E-state index contributed by atoms with van der Waals surface area (Å²) in [6.45, 7) is 3.92. The Morgan fingerprint density at radius 2 is 2.00 bits per heavy atom. The molecule has 0 spiro atoms. The Balaban J connectivity index is 1.38. The second kappa shape index (κ2) is 7.80. The van der Waals surface area contributed by atoms with E-state index in [1.165, 1.54) is 11.3 Å². The highest BCUT2D eigenvalue weighted by molar-refractivity contribution is 7.22. The quantitative estimate of drug-likeness (QED) is 0.710. The number of fused-ring (bicyclic) bond motifs is 1. The van der Waals surface area contributed by atoms with Crippen molar-refractivity contribution >= 4 is 44.2 Å². The van der Waals surface area contributed by atoms with Gasteiger partial charge in [0.15, 0.2) is 5.13 Å². The number of nitrogens with zero attached hydrogens (tertiary/aromatic N) is 5. The number of benzene rings is 1. The highest BCUT2D eigenvalue weighted by Gasteiger charge is 2.15. The van der Waals surface area contributed by atoms with Gasteiger partial charge in [-0.05, 0) is 37.4 Å². The van der Waals surface area contributed by atoms with E-state index in [0.717, 1.165) is 42.2 Å². The Bertz CT molecular complexity index is 1030. The number of carbonyl (C=O) groups is 1. The number of urea groups is 1. The van der Waals surface area contributed by atoms with E-state index in [0.29, 0.717) is 16.4 Å². The fourth-order valence-electron chi connectivity index (χ4n) is 2.99. The molecule has 1 aromatic carbocycles. The van der Waals surface area contributed by atoms with Gasteiger partial charge in [-0.3, -0.25) is 5.32 Å². The van der Waals surface area contributed by atoms with Crippen molar-refractivity contribution in [2.75, 3.05) is 48.8 Å². The molecule has 8 nitrogen and oxygen atoms in total. The van der Waals surface area contributed by atoms with Gasteiger partial charge in [-0.15, -0.1) is 0 Å². The van der Waals surface area contributed by atoms with Gasteiger partial charge >= 0.3 is 6.03 Å². The topological polar surface area (TPSA) is 97.2 Å². The number of rotatable bonds is 3. The largest absolute Gasteiger partial charge is 0.354 e. The van der Waals surface area contributed by atoms with Crippen LogP contribution >= 0.6 is 11.3 Å². The molecule has 0 bridgehead atoms. The van der Waals surface area contributed by atoms with Crippen molar-refractivity contribution in [2.24, 2.45) is 0 Å². The third-order valence-corrected chi connectivity index (χ3v) is 5.50. The van der Waals surface area contributed by atoms with E-state index in [2.05, 4.69) is 43.5 Å². The Labute approximate surface area is 166 Å². The lowest BCUT2D eigenvalue weighted by Crippen LogP contribution is -2.44. The zero-order chi connectivity index (χ0) is 19.5. The molecule has 2 aromatic heterocycles. The molecule has 4 rings (SSSR count). The van der Waals surface area contributed by atoms with Crippen LogP contribution < -0.4 is 15.5 Å². The summed E-state index contributed by atoms with van der Waals surface area (Å²) in [6.07, 6.45) is 1.66. The molecular formula is C19H19N7OS. The summed E-state index contributed by atoms with van der Waals surface area (Å²) in [5.41, 5.74) is 1.93. The molecule has 2 N–H and O–H groups in total. The Kier molecular flexibility index (Phi) is 5.06. The number of aromatic nitrogens is 2. The molecule has 0 atom stereocenters. The first-order valence-electron chi connectivity index (χ1n) is 8.89. The van der Waals surface area contributed by atoms with Crippen molar-refractivity contribution < 1.29 is 4.79 Å². The summed E-state index contributed by atoms with van der Waals surface area (Å²) in [7, 11) is 2.12. The van der Waals surface area contributed by atoms with Crippen LogP contribution in [0.3, 0.4) is 0 Å². The minimum absolute atomic E-state index is 0.381. The number of thiazole rings is 1. The third kappa shape index (κ3) is 4.03. The van der Waals surface area contributed by atoms with Crippen molar-refractivity contribution in [2.45, 2.75) is 0 Å². The smallest absolute Gasteiger partial charge is 0.325 e. The number of carbonyl (C=O) groups excluding carboxylic acids is 1. The van der Waals surface area contributed by atoms with Gasteiger partial charge in [0.2, 0.25) is 0 Å². The van der Waals surface area contributed by atoms with E-state index in [-0.39, 0.29) is 6.03 Å². The van der Waals surface area contributed by atoms with Crippen LogP contribution in [0.25, 0.3) is 10.2 Å². The minimum Gasteiger partial charge on any atom is -0.354 e. The van der Waals surface area contributed by atoms with Crippen LogP contribution in [0, 0.1) is 11.3 Å². The van der Waals surface area contributed by atoms with Crippen LogP contribution in [0.15, 0.2) is 36.5 Å². The van der Waals surface area contributed by atoms with Gasteiger partial charge in [-0.2, -0.15) is 5.26 Å². The summed E-state index contributed by atoms with van der Waals surface area (Å²) in [5, 5.41) is 14.9. The molecule has 2 amide bonds. The van der Waals surface area contributed by atoms with Crippen molar-refractivity contribution in [3.63, 3.8) is 0 Å². The van der Waals surface area contributed by atoms with Gasteiger partial charge in [-0.1, -0.05) is 11.3 Å². The van der Waals surface area contributed by atoms with Gasteiger partial charge in [0.1, 0.15) is 5.82 Å². The molecule has 1 fully saturated rings. The molecule has 3 aromatic rings. The number of hydrogen-bond acceptors (Lipinski definition) is 7. The zero-order valence-electron chi connectivity index (χ0n) is 15.3. The number of likely N-dealkylation sites (N-methyl/N-ethyl adjacent to an activating group) is 1. The fourth-order valence-corrected chi connectivity index (χ4v) is 3.89. The maximum atomic E-state index is 12.3. The normalized spacial score (nSPS) is 14.6. The van der Waals surface area contributed by atoms with E-state index in [4.69, 9.17) is 5.26 Å².